The molecule has 2 N–H and O–H groups in total. The number of nitrogens with one attached hydrogen (secondary N) is 2. The average Bonchev–Trinajstić information content (AvgIpc) is 3.40. The van der Waals surface area contributed by atoms with E-state index in [9.17, 15) is 13.4 Å². The average molecular weight is 428 g/mol. The number of nitrogens with zero attached hydrogens (tertiary/aromatic N) is 4. The van der Waals surface area contributed by atoms with Crippen LogP contribution >= 0.6 is 0 Å². The fourth-order valence-electron chi connectivity index (χ4n) is 3.63. The number of carbonyl (C=O) groups is 1. The summed E-state index contributed by atoms with van der Waals surface area (Å²) >= 11 is 0. The number of hydrogen-bond acceptors (Lipinski definition) is 5. The highest BCUT2D eigenvalue weighted by molar-refractivity contribution is 7.92. The highest BCUT2D eigenvalue weighted by atomic mass is 32.2. The first-order valence-corrected chi connectivity index (χ1v) is 10.9. The Kier molecular flexibility index (Phi) is 5.25. The van der Waals surface area contributed by atoms with E-state index in [1.54, 1.807) is 37.8 Å². The number of anilines is 1. The summed E-state index contributed by atoms with van der Waals surface area (Å²) in [4.78, 5) is 16.8. The van der Waals surface area contributed by atoms with Crippen molar-refractivity contribution in [1.82, 2.24) is 19.5 Å². The maximum Gasteiger partial charge on any atom is 0.332 e. The molecular formula is C20H21FN6O2S. The van der Waals surface area contributed by atoms with Crippen molar-refractivity contribution in [1.29, 1.82) is 0 Å². The number of amides is 2. The molecule has 0 saturated heterocycles. The van der Waals surface area contributed by atoms with Gasteiger partial charge in [-0.2, -0.15) is 5.10 Å². The lowest BCUT2D eigenvalue weighted by atomic mass is 9.97. The molecule has 30 heavy (non-hydrogen) atoms. The molecule has 4 rings (SSSR count). The van der Waals surface area contributed by atoms with Crippen molar-refractivity contribution in [3.63, 3.8) is 0 Å². The Hall–Kier alpha value is -3.27. The normalized spacial score (nSPS) is 14.6. The van der Waals surface area contributed by atoms with Gasteiger partial charge in [-0.05, 0) is 60.2 Å². The first kappa shape index (κ1) is 20.0. The van der Waals surface area contributed by atoms with Crippen LogP contribution in [0.3, 0.4) is 0 Å². The van der Waals surface area contributed by atoms with E-state index in [1.807, 2.05) is 0 Å². The van der Waals surface area contributed by atoms with E-state index in [4.69, 9.17) is 0 Å². The van der Waals surface area contributed by atoms with Gasteiger partial charge in [0.15, 0.2) is 14.9 Å². The van der Waals surface area contributed by atoms with Crippen LogP contribution in [0.1, 0.15) is 17.5 Å². The summed E-state index contributed by atoms with van der Waals surface area (Å²) in [7, 11) is -0.218. The van der Waals surface area contributed by atoms with E-state index in [1.165, 1.54) is 23.9 Å². The molecule has 1 aliphatic rings. The van der Waals surface area contributed by atoms with Gasteiger partial charge in [0.25, 0.3) is 0 Å². The standard InChI is InChI=1S/C20H21FN6O2S/c1-22-30(29,18-8-11-27(2)25-18)26-20(28)24-19-15-5-3-4-14(15)17(21)12-16(19)13-6-9-23-10-7-13/h6-12H,3-5H2,1-2H3,(H2,22,24,26,28,29). The van der Waals surface area contributed by atoms with Gasteiger partial charge >= 0.3 is 6.03 Å². The molecule has 0 fully saturated rings. The minimum Gasteiger partial charge on any atom is -0.306 e. The molecule has 0 aliphatic heterocycles. The predicted molar refractivity (Wildman–Crippen MR) is 112 cm³/mol. The number of pyridine rings is 1. The van der Waals surface area contributed by atoms with Crippen LogP contribution in [0.2, 0.25) is 0 Å². The lowest BCUT2D eigenvalue weighted by Gasteiger charge is -2.18. The van der Waals surface area contributed by atoms with E-state index in [-0.39, 0.29) is 10.8 Å². The van der Waals surface area contributed by atoms with Gasteiger partial charge in [0.2, 0.25) is 0 Å². The van der Waals surface area contributed by atoms with Crippen LogP contribution < -0.4 is 10.0 Å². The van der Waals surface area contributed by atoms with Crippen molar-refractivity contribution in [3.05, 3.63) is 59.8 Å². The molecule has 0 saturated carbocycles. The van der Waals surface area contributed by atoms with E-state index >= 15 is 0 Å². The van der Waals surface area contributed by atoms with Crippen LogP contribution in [0.25, 0.3) is 11.1 Å². The third kappa shape index (κ3) is 3.65. The van der Waals surface area contributed by atoms with E-state index < -0.39 is 15.9 Å². The molecule has 1 unspecified atom stereocenters. The number of carbonyl (C=O) groups excluding carboxylic acids is 1. The Bertz CT molecular complexity index is 1230. The molecule has 1 aromatic carbocycles. The fraction of sp³-hybridized carbons (Fsp3) is 0.250. The van der Waals surface area contributed by atoms with Crippen molar-refractivity contribution in [3.8, 4) is 11.1 Å². The molecular weight excluding hydrogens is 407 g/mol. The number of aryl methyl sites for hydroxylation is 1. The van der Waals surface area contributed by atoms with Crippen molar-refractivity contribution in [2.45, 2.75) is 24.3 Å². The second-order valence-corrected chi connectivity index (χ2v) is 8.96. The molecule has 8 nitrogen and oxygen atoms in total. The zero-order valence-corrected chi connectivity index (χ0v) is 17.4. The Morgan fingerprint density at radius 3 is 2.63 bits per heavy atom. The van der Waals surface area contributed by atoms with Crippen LogP contribution in [-0.2, 0) is 29.8 Å². The summed E-state index contributed by atoms with van der Waals surface area (Å²) in [6.07, 6.45) is 6.89. The number of benzene rings is 1. The van der Waals surface area contributed by atoms with Gasteiger partial charge in [-0.15, -0.1) is 0 Å². The van der Waals surface area contributed by atoms with Gasteiger partial charge in [0.1, 0.15) is 5.82 Å². The monoisotopic (exact) mass is 428 g/mol. The van der Waals surface area contributed by atoms with Crippen molar-refractivity contribution < 1.29 is 13.4 Å². The molecule has 1 atom stereocenters. The smallest absolute Gasteiger partial charge is 0.306 e. The molecule has 1 aliphatic carbocycles. The molecule has 0 radical (unpaired) electrons. The van der Waals surface area contributed by atoms with Crippen LogP contribution in [0, 0.1) is 5.82 Å². The molecule has 0 bridgehead atoms. The summed E-state index contributed by atoms with van der Waals surface area (Å²) in [5.41, 5.74) is 3.14. The maximum absolute atomic E-state index is 14.7. The molecule has 0 spiro atoms. The zero-order valence-electron chi connectivity index (χ0n) is 16.6. The largest absolute Gasteiger partial charge is 0.332 e. The first-order chi connectivity index (χ1) is 14.4. The molecule has 3 aromatic rings. The number of urea groups is 1. The van der Waals surface area contributed by atoms with Crippen LogP contribution in [0.4, 0.5) is 14.9 Å². The Morgan fingerprint density at radius 1 is 1.23 bits per heavy atom. The molecule has 2 amide bonds. The molecule has 2 heterocycles. The van der Waals surface area contributed by atoms with E-state index in [0.29, 0.717) is 29.7 Å². The lowest BCUT2D eigenvalue weighted by molar-refractivity contribution is 0.256. The van der Waals surface area contributed by atoms with Gasteiger partial charge in [-0.1, -0.05) is 0 Å². The number of rotatable bonds is 4. The third-order valence-corrected chi connectivity index (χ3v) is 6.80. The first-order valence-electron chi connectivity index (χ1n) is 9.39. The van der Waals surface area contributed by atoms with Gasteiger partial charge in [0.05, 0.1) is 5.69 Å². The van der Waals surface area contributed by atoms with Crippen molar-refractivity contribution in [2.24, 2.45) is 11.4 Å². The third-order valence-electron chi connectivity index (χ3n) is 5.04. The SMILES string of the molecule is CN=S(=O)(NC(=O)Nc1c(-c2ccncc2)cc(F)c2c1CCC2)c1ccn(C)n1. The Morgan fingerprint density at radius 2 is 1.97 bits per heavy atom. The van der Waals surface area contributed by atoms with Gasteiger partial charge in [-0.25, -0.2) is 22.5 Å². The second kappa shape index (κ2) is 7.86. The number of halogens is 1. The second-order valence-electron chi connectivity index (χ2n) is 6.92. The summed E-state index contributed by atoms with van der Waals surface area (Å²) in [6, 6.07) is 5.75. The van der Waals surface area contributed by atoms with E-state index in [2.05, 4.69) is 24.5 Å². The highest BCUT2D eigenvalue weighted by Crippen LogP contribution is 2.39. The summed E-state index contributed by atoms with van der Waals surface area (Å²) in [5, 5.41) is 7.04. The van der Waals surface area contributed by atoms with Crippen LogP contribution in [-0.4, -0.2) is 32.1 Å². The van der Waals surface area contributed by atoms with Gasteiger partial charge in [-0.3, -0.25) is 9.67 Å². The van der Waals surface area contributed by atoms with Gasteiger partial charge < -0.3 is 5.32 Å². The zero-order chi connectivity index (χ0) is 21.3. The maximum atomic E-state index is 14.7. The number of fused-ring (bicyclic) bond motifs is 1. The summed E-state index contributed by atoms with van der Waals surface area (Å²) < 4.78 is 35.6. The Labute approximate surface area is 173 Å². The molecule has 10 heteroatoms. The quantitative estimate of drug-likeness (QED) is 0.666. The van der Waals surface area contributed by atoms with Crippen LogP contribution in [0.5, 0.6) is 0 Å². The lowest BCUT2D eigenvalue weighted by Crippen LogP contribution is -2.35. The topological polar surface area (TPSA) is 101 Å². The van der Waals surface area contributed by atoms with Gasteiger partial charge in [0, 0.05) is 38.2 Å². The van der Waals surface area contributed by atoms with Crippen LogP contribution in [0.15, 0.2) is 52.2 Å². The highest BCUT2D eigenvalue weighted by Gasteiger charge is 2.25. The van der Waals surface area contributed by atoms with E-state index in [0.717, 1.165) is 17.5 Å². The Balaban J connectivity index is 1.72. The number of hydrogen-bond donors (Lipinski definition) is 2. The minimum absolute atomic E-state index is 0.154. The minimum atomic E-state index is -3.26. The molecule has 2 aromatic heterocycles. The summed E-state index contributed by atoms with van der Waals surface area (Å²) in [6.45, 7) is 0. The fourth-order valence-corrected chi connectivity index (χ4v) is 4.80. The summed E-state index contributed by atoms with van der Waals surface area (Å²) in [5.74, 6) is -0.291. The number of aromatic nitrogens is 3. The van der Waals surface area contributed by atoms with Crippen molar-refractivity contribution in [2.75, 3.05) is 12.4 Å². The predicted octanol–water partition coefficient (Wildman–Crippen LogP) is 3.30. The molecule has 156 valence electrons. The van der Waals surface area contributed by atoms with Crippen molar-refractivity contribution >= 4 is 21.6 Å².